The van der Waals surface area contributed by atoms with Crippen LogP contribution in [0.2, 0.25) is 0 Å². The first-order chi connectivity index (χ1) is 10.2. The summed E-state index contributed by atoms with van der Waals surface area (Å²) >= 11 is 0. The first-order valence-corrected chi connectivity index (χ1v) is 6.98. The van der Waals surface area contributed by atoms with Crippen molar-refractivity contribution >= 4 is 11.7 Å². The number of nitrogens with zero attached hydrogens (tertiary/aromatic N) is 1. The van der Waals surface area contributed by atoms with E-state index < -0.39 is 0 Å². The van der Waals surface area contributed by atoms with Crippen LogP contribution in [0, 0.1) is 6.92 Å². The minimum atomic E-state index is -0.0829. The van der Waals surface area contributed by atoms with Gasteiger partial charge in [-0.05, 0) is 31.0 Å². The third-order valence-corrected chi connectivity index (χ3v) is 3.70. The van der Waals surface area contributed by atoms with Gasteiger partial charge in [-0.1, -0.05) is 30.3 Å². The summed E-state index contributed by atoms with van der Waals surface area (Å²) in [5.41, 5.74) is 5.08. The summed E-state index contributed by atoms with van der Waals surface area (Å²) in [5.74, 6) is 6.19. The summed E-state index contributed by atoms with van der Waals surface area (Å²) in [6.45, 7) is 1.83. The van der Waals surface area contributed by atoms with E-state index in [0.29, 0.717) is 17.3 Å². The van der Waals surface area contributed by atoms with Gasteiger partial charge in [-0.25, -0.2) is 10.8 Å². The van der Waals surface area contributed by atoms with E-state index in [1.807, 2.05) is 25.1 Å². The molecule has 1 aliphatic rings. The second kappa shape index (κ2) is 5.54. The number of amides is 1. The lowest BCUT2D eigenvalue weighted by Gasteiger charge is -2.08. The summed E-state index contributed by atoms with van der Waals surface area (Å²) in [7, 11) is 0. The third kappa shape index (κ3) is 3.03. The number of anilines is 1. The molecule has 2 unspecified atom stereocenters. The lowest BCUT2D eigenvalue weighted by atomic mass is 10.1. The van der Waals surface area contributed by atoms with E-state index in [-0.39, 0.29) is 11.9 Å². The molecular weight excluding hydrogens is 264 g/mol. The van der Waals surface area contributed by atoms with Crippen molar-refractivity contribution in [3.63, 3.8) is 0 Å². The maximum absolute atomic E-state index is 12.3. The van der Waals surface area contributed by atoms with Gasteiger partial charge in [0.15, 0.2) is 0 Å². The number of hydrazine groups is 1. The van der Waals surface area contributed by atoms with Crippen molar-refractivity contribution in [2.45, 2.75) is 25.3 Å². The first kappa shape index (κ1) is 13.6. The molecule has 1 aromatic carbocycles. The zero-order valence-electron chi connectivity index (χ0n) is 11.8. The Balaban J connectivity index is 1.67. The van der Waals surface area contributed by atoms with Gasteiger partial charge in [-0.15, -0.1) is 0 Å². The second-order valence-electron chi connectivity index (χ2n) is 5.36. The first-order valence-electron chi connectivity index (χ1n) is 6.98. The Labute approximate surface area is 123 Å². The van der Waals surface area contributed by atoms with Crippen LogP contribution in [0.1, 0.15) is 34.0 Å². The molecule has 0 spiro atoms. The summed E-state index contributed by atoms with van der Waals surface area (Å²) in [5, 5.41) is 3.06. The molecule has 0 radical (unpaired) electrons. The summed E-state index contributed by atoms with van der Waals surface area (Å²) in [6, 6.07) is 13.9. The van der Waals surface area contributed by atoms with Crippen molar-refractivity contribution in [3.05, 3.63) is 59.3 Å². The number of carbonyl (C=O) groups is 1. The van der Waals surface area contributed by atoms with Gasteiger partial charge < -0.3 is 10.7 Å². The van der Waals surface area contributed by atoms with Gasteiger partial charge in [0.1, 0.15) is 5.82 Å². The number of pyridine rings is 1. The number of nitrogen functional groups attached to an aromatic ring is 1. The number of nitrogens with one attached hydrogen (secondary N) is 2. The van der Waals surface area contributed by atoms with Gasteiger partial charge in [0.25, 0.3) is 5.91 Å². The number of hydrogen-bond acceptors (Lipinski definition) is 4. The Morgan fingerprint density at radius 1 is 1.29 bits per heavy atom. The van der Waals surface area contributed by atoms with Crippen molar-refractivity contribution in [1.29, 1.82) is 0 Å². The molecule has 1 aromatic heterocycles. The number of rotatable bonds is 4. The Hall–Kier alpha value is -2.40. The molecular formula is C16H18N4O. The van der Waals surface area contributed by atoms with Crippen molar-refractivity contribution in [2.75, 3.05) is 5.43 Å². The van der Waals surface area contributed by atoms with Crippen molar-refractivity contribution in [2.24, 2.45) is 5.84 Å². The highest BCUT2D eigenvalue weighted by atomic mass is 16.1. The third-order valence-electron chi connectivity index (χ3n) is 3.70. The number of aryl methyl sites for hydroxylation is 1. The van der Waals surface area contributed by atoms with Crippen LogP contribution in [0.15, 0.2) is 42.5 Å². The molecule has 1 heterocycles. The fraction of sp³-hybridized carbons (Fsp3) is 0.250. The molecule has 0 aliphatic heterocycles. The normalized spacial score (nSPS) is 19.9. The van der Waals surface area contributed by atoms with Gasteiger partial charge >= 0.3 is 0 Å². The van der Waals surface area contributed by atoms with Crippen LogP contribution in [0.4, 0.5) is 5.82 Å². The van der Waals surface area contributed by atoms with Crippen LogP contribution in [0.25, 0.3) is 0 Å². The monoisotopic (exact) mass is 282 g/mol. The van der Waals surface area contributed by atoms with Gasteiger partial charge in [0.05, 0.1) is 0 Å². The number of nitrogens with two attached hydrogens (primary N) is 1. The predicted molar refractivity (Wildman–Crippen MR) is 81.8 cm³/mol. The molecule has 5 heteroatoms. The SMILES string of the molecule is Cc1cc(C(=O)NC2CC2c2ccccc2)cc(NN)n1. The summed E-state index contributed by atoms with van der Waals surface area (Å²) < 4.78 is 0. The quantitative estimate of drug-likeness (QED) is 0.591. The van der Waals surface area contributed by atoms with E-state index in [2.05, 4.69) is 27.9 Å². The maximum atomic E-state index is 12.3. The fourth-order valence-electron chi connectivity index (χ4n) is 2.55. The van der Waals surface area contributed by atoms with Crippen LogP contribution in [0.5, 0.6) is 0 Å². The van der Waals surface area contributed by atoms with E-state index in [9.17, 15) is 4.79 Å². The average molecular weight is 282 g/mol. The highest BCUT2D eigenvalue weighted by Gasteiger charge is 2.39. The van der Waals surface area contributed by atoms with E-state index in [0.717, 1.165) is 12.1 Å². The zero-order valence-corrected chi connectivity index (χ0v) is 11.8. The van der Waals surface area contributed by atoms with E-state index in [1.165, 1.54) is 5.56 Å². The number of hydrogen-bond donors (Lipinski definition) is 3. The highest BCUT2D eigenvalue weighted by molar-refractivity contribution is 5.95. The van der Waals surface area contributed by atoms with Gasteiger partial charge in [0, 0.05) is 23.2 Å². The molecule has 0 saturated heterocycles. The van der Waals surface area contributed by atoms with Crippen molar-refractivity contribution in [1.82, 2.24) is 10.3 Å². The molecule has 2 atom stereocenters. The Kier molecular flexibility index (Phi) is 3.58. The Bertz CT molecular complexity index is 657. The minimum Gasteiger partial charge on any atom is -0.349 e. The summed E-state index contributed by atoms with van der Waals surface area (Å²) in [6.07, 6.45) is 0.988. The largest absolute Gasteiger partial charge is 0.349 e. The van der Waals surface area contributed by atoms with E-state index >= 15 is 0 Å². The molecule has 4 N–H and O–H groups in total. The molecule has 0 bridgehead atoms. The van der Waals surface area contributed by atoms with Crippen LogP contribution < -0.4 is 16.6 Å². The van der Waals surface area contributed by atoms with Crippen molar-refractivity contribution < 1.29 is 4.79 Å². The molecule has 2 aromatic rings. The molecule has 1 amide bonds. The molecule has 1 aliphatic carbocycles. The van der Waals surface area contributed by atoms with Crippen LogP contribution >= 0.6 is 0 Å². The van der Waals surface area contributed by atoms with Gasteiger partial charge in [-0.2, -0.15) is 0 Å². The predicted octanol–water partition coefficient (Wildman–Crippen LogP) is 1.96. The van der Waals surface area contributed by atoms with Crippen LogP contribution in [0.3, 0.4) is 0 Å². The summed E-state index contributed by atoms with van der Waals surface area (Å²) in [4.78, 5) is 16.5. The zero-order chi connectivity index (χ0) is 14.8. The smallest absolute Gasteiger partial charge is 0.251 e. The highest BCUT2D eigenvalue weighted by Crippen LogP contribution is 2.40. The van der Waals surface area contributed by atoms with Crippen LogP contribution in [-0.4, -0.2) is 16.9 Å². The molecule has 1 fully saturated rings. The lowest BCUT2D eigenvalue weighted by molar-refractivity contribution is 0.0950. The maximum Gasteiger partial charge on any atom is 0.251 e. The standard InChI is InChI=1S/C16H18N4O/c1-10-7-12(8-15(18-10)20-17)16(21)19-14-9-13(14)11-5-3-2-4-6-11/h2-8,13-14H,9,17H2,1H3,(H,18,20)(H,19,21). The topological polar surface area (TPSA) is 80.0 Å². The van der Waals surface area contributed by atoms with Crippen LogP contribution in [-0.2, 0) is 0 Å². The molecule has 108 valence electrons. The Morgan fingerprint density at radius 2 is 2.05 bits per heavy atom. The number of carbonyl (C=O) groups excluding carboxylic acids is 1. The van der Waals surface area contributed by atoms with Gasteiger partial charge in [0.2, 0.25) is 0 Å². The molecule has 1 saturated carbocycles. The molecule has 21 heavy (non-hydrogen) atoms. The molecule has 5 nitrogen and oxygen atoms in total. The minimum absolute atomic E-state index is 0.0829. The number of benzene rings is 1. The van der Waals surface area contributed by atoms with E-state index in [4.69, 9.17) is 5.84 Å². The number of aromatic nitrogens is 1. The lowest BCUT2D eigenvalue weighted by Crippen LogP contribution is -2.27. The average Bonchev–Trinajstić information content (AvgIpc) is 3.26. The van der Waals surface area contributed by atoms with Gasteiger partial charge in [-0.3, -0.25) is 4.79 Å². The van der Waals surface area contributed by atoms with Crippen molar-refractivity contribution in [3.8, 4) is 0 Å². The molecule has 3 rings (SSSR count). The fourth-order valence-corrected chi connectivity index (χ4v) is 2.55. The van der Waals surface area contributed by atoms with E-state index in [1.54, 1.807) is 12.1 Å². The Morgan fingerprint density at radius 3 is 2.76 bits per heavy atom. The second-order valence-corrected chi connectivity index (χ2v) is 5.36.